The molecule has 100 valence electrons. The summed E-state index contributed by atoms with van der Waals surface area (Å²) in [5.41, 5.74) is 7.34. The van der Waals surface area contributed by atoms with Crippen molar-refractivity contribution in [3.63, 3.8) is 0 Å². The molecule has 0 atom stereocenters. The first-order chi connectivity index (χ1) is 8.58. The Morgan fingerprint density at radius 3 is 2.78 bits per heavy atom. The molecule has 2 N–H and O–H groups in total. The van der Waals surface area contributed by atoms with Gasteiger partial charge >= 0.3 is 0 Å². The van der Waals surface area contributed by atoms with E-state index in [1.165, 1.54) is 12.1 Å². The van der Waals surface area contributed by atoms with Gasteiger partial charge in [0.25, 0.3) is 0 Å². The lowest BCUT2D eigenvalue weighted by Crippen LogP contribution is -2.09. The first-order valence-corrected chi connectivity index (χ1v) is 6.74. The van der Waals surface area contributed by atoms with Gasteiger partial charge in [0.2, 0.25) is 5.94 Å². The zero-order valence-electron chi connectivity index (χ0n) is 9.93. The van der Waals surface area contributed by atoms with Crippen LogP contribution in [0, 0.1) is 5.82 Å². The molecule has 0 amide bonds. The van der Waals surface area contributed by atoms with Gasteiger partial charge in [-0.15, -0.1) is 0 Å². The average Bonchev–Trinajstić information content (AvgIpc) is 2.34. The monoisotopic (exact) mass is 274 g/mol. The van der Waals surface area contributed by atoms with E-state index >= 15 is 0 Å². The van der Waals surface area contributed by atoms with Crippen LogP contribution in [0.3, 0.4) is 0 Å². The summed E-state index contributed by atoms with van der Waals surface area (Å²) in [6, 6.07) is 4.18. The molecule has 1 aromatic carbocycles. The van der Waals surface area contributed by atoms with E-state index in [0.717, 1.165) is 0 Å². The van der Waals surface area contributed by atoms with Crippen LogP contribution in [0.4, 0.5) is 4.39 Å². The second kappa shape index (κ2) is 7.07. The summed E-state index contributed by atoms with van der Waals surface area (Å²) in [4.78, 5) is 4.69. The Bertz CT molecular complexity index is 507. The Hall–Kier alpha value is -1.47. The lowest BCUT2D eigenvalue weighted by molar-refractivity contribution is 0.191. The Kier molecular flexibility index (Phi) is 5.73. The summed E-state index contributed by atoms with van der Waals surface area (Å²) >= 11 is 0. The molecule has 0 fully saturated rings. The summed E-state index contributed by atoms with van der Waals surface area (Å²) in [6.45, 7) is 2.00. The van der Waals surface area contributed by atoms with E-state index in [1.807, 2.05) is 6.92 Å². The van der Waals surface area contributed by atoms with Crippen molar-refractivity contribution in [2.75, 3.05) is 5.94 Å². The molecule has 0 spiro atoms. The minimum absolute atomic E-state index is 0.169. The Morgan fingerprint density at radius 1 is 1.50 bits per heavy atom. The number of benzene rings is 1. The van der Waals surface area contributed by atoms with Gasteiger partial charge in [0, 0.05) is 12.1 Å². The number of nitrogens with two attached hydrogens (primary N) is 1. The van der Waals surface area contributed by atoms with Crippen LogP contribution in [0.2, 0.25) is 0 Å². The Labute approximate surface area is 106 Å². The van der Waals surface area contributed by atoms with Crippen molar-refractivity contribution in [2.45, 2.75) is 19.9 Å². The third-order valence-electron chi connectivity index (χ3n) is 2.27. The zero-order valence-corrected chi connectivity index (χ0v) is 10.8. The number of thiol groups is 1. The van der Waals surface area contributed by atoms with Gasteiger partial charge in [0.15, 0.2) is 10.7 Å². The van der Waals surface area contributed by atoms with Crippen LogP contribution in [0.25, 0.3) is 0 Å². The van der Waals surface area contributed by atoms with E-state index in [0.29, 0.717) is 23.3 Å². The van der Waals surface area contributed by atoms with Crippen molar-refractivity contribution >= 4 is 16.4 Å². The third-order valence-corrected chi connectivity index (χ3v) is 2.60. The first-order valence-electron chi connectivity index (χ1n) is 5.38. The summed E-state index contributed by atoms with van der Waals surface area (Å²) in [5.74, 6) is -0.851. The van der Waals surface area contributed by atoms with Gasteiger partial charge in [-0.25, -0.2) is 12.8 Å². The number of nitrogens with zero attached hydrogens (tertiary/aromatic N) is 1. The highest BCUT2D eigenvalue weighted by atomic mass is 32.2. The number of hydrogen-bond acceptors (Lipinski definition) is 5. The molecular formula is C11H15FN2O3S. The third kappa shape index (κ3) is 4.08. The lowest BCUT2D eigenvalue weighted by Gasteiger charge is -2.09. The molecule has 0 heterocycles. The first kappa shape index (κ1) is 14.6. The van der Waals surface area contributed by atoms with Crippen molar-refractivity contribution < 1.29 is 17.6 Å². The molecule has 0 bridgehead atoms. The molecule has 1 aromatic rings. The zero-order chi connectivity index (χ0) is 13.5. The van der Waals surface area contributed by atoms with Gasteiger partial charge in [0.05, 0.1) is 5.71 Å². The topological polar surface area (TPSA) is 81.8 Å². The van der Waals surface area contributed by atoms with Crippen molar-refractivity contribution in [1.29, 1.82) is 0 Å². The van der Waals surface area contributed by atoms with E-state index in [1.54, 1.807) is 6.07 Å². The Morgan fingerprint density at radius 2 is 2.22 bits per heavy atom. The normalized spacial score (nSPS) is 11.9. The van der Waals surface area contributed by atoms with Crippen LogP contribution in [-0.4, -0.2) is 20.1 Å². The molecular weight excluding hydrogens is 259 g/mol. The molecule has 0 saturated carbocycles. The molecule has 0 aliphatic rings. The highest BCUT2D eigenvalue weighted by molar-refractivity contribution is 7.72. The SMILES string of the molecule is CCC(=NOC[SH](=O)=O)c1ccc(F)cc1CN. The fourth-order valence-corrected chi connectivity index (χ4v) is 1.62. The van der Waals surface area contributed by atoms with Crippen molar-refractivity contribution in [2.24, 2.45) is 10.9 Å². The molecule has 0 aliphatic carbocycles. The second-order valence-electron chi connectivity index (χ2n) is 3.49. The van der Waals surface area contributed by atoms with Crippen LogP contribution in [0.1, 0.15) is 24.5 Å². The van der Waals surface area contributed by atoms with E-state index in [9.17, 15) is 12.8 Å². The van der Waals surface area contributed by atoms with Gasteiger partial charge in [0.1, 0.15) is 5.82 Å². The summed E-state index contributed by atoms with van der Waals surface area (Å²) in [5, 5.41) is 3.75. The molecule has 0 unspecified atom stereocenters. The fraction of sp³-hybridized carbons (Fsp3) is 0.364. The maximum Gasteiger partial charge on any atom is 0.214 e. The standard InChI is InChI=1S/C11H15FN2O3S/c1-2-11(14-17-7-18(15)16)10-4-3-9(12)5-8(10)6-13/h3-5,18H,2,6-7,13H2,1H3. The molecule has 0 radical (unpaired) electrons. The number of rotatable bonds is 6. The maximum absolute atomic E-state index is 13.1. The highest BCUT2D eigenvalue weighted by Gasteiger charge is 2.09. The van der Waals surface area contributed by atoms with Crippen LogP contribution in [0.5, 0.6) is 0 Å². The average molecular weight is 274 g/mol. The van der Waals surface area contributed by atoms with Gasteiger partial charge < -0.3 is 10.6 Å². The van der Waals surface area contributed by atoms with Crippen LogP contribution in [-0.2, 0) is 22.1 Å². The summed E-state index contributed by atoms with van der Waals surface area (Å²) in [7, 11) is -2.64. The van der Waals surface area contributed by atoms with E-state index in [-0.39, 0.29) is 12.4 Å². The van der Waals surface area contributed by atoms with E-state index in [2.05, 4.69) is 9.99 Å². The smallest absolute Gasteiger partial charge is 0.214 e. The number of hydrogen-bond donors (Lipinski definition) is 2. The van der Waals surface area contributed by atoms with Crippen LogP contribution >= 0.6 is 0 Å². The maximum atomic E-state index is 13.1. The largest absolute Gasteiger partial charge is 0.379 e. The van der Waals surface area contributed by atoms with Crippen LogP contribution in [0.15, 0.2) is 23.4 Å². The molecule has 7 heteroatoms. The predicted molar refractivity (Wildman–Crippen MR) is 67.4 cm³/mol. The van der Waals surface area contributed by atoms with Crippen molar-refractivity contribution in [3.8, 4) is 0 Å². The van der Waals surface area contributed by atoms with Gasteiger partial charge in [-0.3, -0.25) is 0 Å². The minimum Gasteiger partial charge on any atom is -0.379 e. The Balaban J connectivity index is 3.00. The second-order valence-corrected chi connectivity index (χ2v) is 4.41. The number of halogens is 1. The fourth-order valence-electron chi connectivity index (χ4n) is 1.47. The summed E-state index contributed by atoms with van der Waals surface area (Å²) in [6.07, 6.45) is 0.522. The molecule has 18 heavy (non-hydrogen) atoms. The van der Waals surface area contributed by atoms with Crippen LogP contribution < -0.4 is 5.73 Å². The molecule has 0 aliphatic heterocycles. The van der Waals surface area contributed by atoms with Gasteiger partial charge in [-0.2, -0.15) is 0 Å². The molecule has 1 rings (SSSR count). The van der Waals surface area contributed by atoms with Gasteiger partial charge in [-0.05, 0) is 30.2 Å². The quantitative estimate of drug-likeness (QED) is 0.460. The number of oxime groups is 1. The highest BCUT2D eigenvalue weighted by Crippen LogP contribution is 2.14. The van der Waals surface area contributed by atoms with E-state index in [4.69, 9.17) is 5.73 Å². The molecule has 0 saturated heterocycles. The summed E-state index contributed by atoms with van der Waals surface area (Å²) < 4.78 is 33.7. The van der Waals surface area contributed by atoms with Crippen molar-refractivity contribution in [1.82, 2.24) is 0 Å². The van der Waals surface area contributed by atoms with E-state index < -0.39 is 16.6 Å². The lowest BCUT2D eigenvalue weighted by atomic mass is 10.0. The molecule has 5 nitrogen and oxygen atoms in total. The molecule has 0 aromatic heterocycles. The predicted octanol–water partition coefficient (Wildman–Crippen LogP) is 0.984. The van der Waals surface area contributed by atoms with Gasteiger partial charge in [-0.1, -0.05) is 12.1 Å². The minimum atomic E-state index is -2.64. The van der Waals surface area contributed by atoms with Crippen molar-refractivity contribution in [3.05, 3.63) is 35.1 Å².